The van der Waals surface area contributed by atoms with E-state index in [0.29, 0.717) is 6.23 Å². The van der Waals surface area contributed by atoms with Crippen molar-refractivity contribution in [3.63, 3.8) is 0 Å². The van der Waals surface area contributed by atoms with Crippen LogP contribution in [-0.4, -0.2) is 33.6 Å². The topological polar surface area (TPSA) is 46.5 Å². The molecule has 0 heterocycles. The van der Waals surface area contributed by atoms with E-state index in [4.69, 9.17) is 5.11 Å². The summed E-state index contributed by atoms with van der Waals surface area (Å²) in [5.41, 5.74) is 6.73. The second-order valence-corrected chi connectivity index (χ2v) is 14.1. The van der Waals surface area contributed by atoms with E-state index in [0.717, 1.165) is 5.67 Å². The zero-order chi connectivity index (χ0) is 12.8. The first-order valence-corrected chi connectivity index (χ1v) is 10.9. The van der Waals surface area contributed by atoms with Gasteiger partial charge in [0, 0.05) is 0 Å². The number of hydrogen-bond donors (Lipinski definition) is 1. The molecule has 16 heavy (non-hydrogen) atoms. The molecule has 0 aliphatic rings. The maximum atomic E-state index is 10.4. The Balaban J connectivity index is 4.65. The van der Waals surface area contributed by atoms with Crippen LogP contribution in [0.4, 0.5) is 4.79 Å². The maximum Gasteiger partial charge on any atom is 0.505 e. The largest absolute Gasteiger partial charge is 0.505 e. The molecule has 5 heteroatoms. The van der Waals surface area contributed by atoms with Crippen molar-refractivity contribution in [2.75, 3.05) is 6.23 Å². The number of carbonyl (C=O) groups is 1. The fourth-order valence-electron chi connectivity index (χ4n) is 1.60. The lowest BCUT2D eigenvalue weighted by Crippen LogP contribution is -2.44. The highest BCUT2D eigenvalue weighted by atomic mass is 28.4. The van der Waals surface area contributed by atoms with Crippen LogP contribution in [0.1, 0.15) is 0 Å². The highest BCUT2D eigenvalue weighted by Crippen LogP contribution is 2.22. The first kappa shape index (κ1) is 14.9. The third-order valence-electron chi connectivity index (χ3n) is 2.51. The van der Waals surface area contributed by atoms with Gasteiger partial charge in [-0.05, 0) is 5.67 Å². The summed E-state index contributed by atoms with van der Waals surface area (Å²) in [5, 5.41) is 8.50. The van der Waals surface area contributed by atoms with Gasteiger partial charge in [-0.3, -0.25) is 0 Å². The molecule has 0 spiro atoms. The van der Waals surface area contributed by atoms with Gasteiger partial charge in [-0.15, -0.1) is 19.7 Å². The molecule has 0 amide bonds. The normalized spacial score (nSPS) is 11.6. The van der Waals surface area contributed by atoms with Gasteiger partial charge >= 0.3 is 6.16 Å². The van der Waals surface area contributed by atoms with E-state index in [1.54, 1.807) is 0 Å². The molecular formula is C11H20O3Si2. The monoisotopic (exact) mass is 256 g/mol. The van der Waals surface area contributed by atoms with Gasteiger partial charge in [0.2, 0.25) is 0 Å². The van der Waals surface area contributed by atoms with Crippen LogP contribution in [0, 0.1) is 0 Å². The molecule has 90 valence electrons. The van der Waals surface area contributed by atoms with E-state index >= 15 is 0 Å². The van der Waals surface area contributed by atoms with Crippen molar-refractivity contribution < 1.29 is 14.6 Å². The van der Waals surface area contributed by atoms with Crippen molar-refractivity contribution in [1.29, 1.82) is 0 Å². The summed E-state index contributed by atoms with van der Waals surface area (Å²) >= 11 is 0. The number of rotatable bonds is 7. The lowest BCUT2D eigenvalue weighted by Gasteiger charge is -2.29. The predicted octanol–water partition coefficient (Wildman–Crippen LogP) is 3.09. The molecule has 0 aliphatic heterocycles. The van der Waals surface area contributed by atoms with Gasteiger partial charge in [-0.2, -0.15) is 0 Å². The zero-order valence-electron chi connectivity index (χ0n) is 10.0. The molecule has 0 bridgehead atoms. The number of hydrogen-bond acceptors (Lipinski definition) is 2. The Kier molecular flexibility index (Phi) is 5.46. The molecule has 0 atom stereocenters. The Morgan fingerprint density at radius 3 is 2.00 bits per heavy atom. The first-order valence-electron chi connectivity index (χ1n) is 5.07. The van der Waals surface area contributed by atoms with E-state index in [9.17, 15) is 4.79 Å². The average molecular weight is 256 g/mol. The first-order chi connectivity index (χ1) is 7.31. The molecule has 0 aliphatic carbocycles. The van der Waals surface area contributed by atoms with E-state index in [1.165, 1.54) is 0 Å². The summed E-state index contributed by atoms with van der Waals surface area (Å²) < 4.78 is 4.68. The minimum absolute atomic E-state index is 0.312. The molecule has 0 aromatic rings. The van der Waals surface area contributed by atoms with Gasteiger partial charge < -0.3 is 9.84 Å². The van der Waals surface area contributed by atoms with Gasteiger partial charge in [-0.1, -0.05) is 30.2 Å². The van der Waals surface area contributed by atoms with Crippen LogP contribution in [-0.2, 0) is 4.74 Å². The van der Waals surface area contributed by atoms with Gasteiger partial charge in [0.15, 0.2) is 0 Å². The lowest BCUT2D eigenvalue weighted by molar-refractivity contribution is 0.105. The minimum Gasteiger partial charge on any atom is -0.450 e. The summed E-state index contributed by atoms with van der Waals surface area (Å²) in [6, 6.07) is 0. The van der Waals surface area contributed by atoms with Crippen molar-refractivity contribution in [1.82, 2.24) is 0 Å². The van der Waals surface area contributed by atoms with Gasteiger partial charge in [0.05, 0.1) is 14.3 Å². The molecule has 0 saturated heterocycles. The van der Waals surface area contributed by atoms with Crippen molar-refractivity contribution >= 4 is 22.3 Å². The average Bonchev–Trinajstić information content (AvgIpc) is 2.24. The summed E-state index contributed by atoms with van der Waals surface area (Å²) in [6.07, 6.45) is -0.893. The highest BCUT2D eigenvalue weighted by molar-refractivity contribution is 7.03. The Labute approximate surface area is 99.2 Å². The lowest BCUT2D eigenvalue weighted by atomic mass is 11.2. The molecule has 0 radical (unpaired) electrons. The molecular weight excluding hydrogens is 236 g/mol. The summed E-state index contributed by atoms with van der Waals surface area (Å²) in [7, 11) is -3.56. The fraction of sp³-hybridized carbons (Fsp3) is 0.364. The molecule has 0 rings (SSSR count). The van der Waals surface area contributed by atoms with Gasteiger partial charge in [0.1, 0.15) is 8.07 Å². The van der Waals surface area contributed by atoms with Crippen molar-refractivity contribution in [3.8, 4) is 0 Å². The Morgan fingerprint density at radius 2 is 1.69 bits per heavy atom. The second kappa shape index (κ2) is 5.86. The smallest absolute Gasteiger partial charge is 0.450 e. The summed E-state index contributed by atoms with van der Waals surface area (Å²) in [6.45, 7) is 15.7. The number of carboxylic acid groups (broad SMARTS) is 1. The molecule has 0 aromatic carbocycles. The van der Waals surface area contributed by atoms with E-state index in [2.05, 4.69) is 37.6 Å². The standard InChI is InChI=1S/C11H20O3Si2/c1-6-16(7-2,8-3)10-15(4,5)9-14-11(12)13/h6-8H,1-3,9-10H2,4-5H3,(H,12,13). The van der Waals surface area contributed by atoms with Crippen LogP contribution in [0.5, 0.6) is 0 Å². The molecule has 1 N–H and O–H groups in total. The fourth-order valence-corrected chi connectivity index (χ4v) is 11.4. The highest BCUT2D eigenvalue weighted by Gasteiger charge is 2.34. The zero-order valence-corrected chi connectivity index (χ0v) is 12.0. The van der Waals surface area contributed by atoms with Crippen LogP contribution in [0.25, 0.3) is 0 Å². The van der Waals surface area contributed by atoms with Gasteiger partial charge in [0.25, 0.3) is 0 Å². The van der Waals surface area contributed by atoms with E-state index in [-0.39, 0.29) is 0 Å². The summed E-state index contributed by atoms with van der Waals surface area (Å²) in [4.78, 5) is 10.4. The van der Waals surface area contributed by atoms with Crippen molar-refractivity contribution in [2.45, 2.75) is 18.8 Å². The Bertz CT molecular complexity index is 276. The van der Waals surface area contributed by atoms with E-state index in [1.807, 2.05) is 17.1 Å². The molecule has 0 aromatic heterocycles. The molecule has 3 nitrogen and oxygen atoms in total. The summed E-state index contributed by atoms with van der Waals surface area (Å²) in [5.74, 6) is 0. The van der Waals surface area contributed by atoms with Crippen molar-refractivity contribution in [3.05, 3.63) is 36.8 Å². The Morgan fingerprint density at radius 1 is 1.25 bits per heavy atom. The van der Waals surface area contributed by atoms with E-state index < -0.39 is 22.3 Å². The number of ether oxygens (including phenoxy) is 1. The third-order valence-corrected chi connectivity index (χ3v) is 12.0. The van der Waals surface area contributed by atoms with Crippen LogP contribution in [0.3, 0.4) is 0 Å². The van der Waals surface area contributed by atoms with Crippen LogP contribution < -0.4 is 0 Å². The van der Waals surface area contributed by atoms with Gasteiger partial charge in [-0.25, -0.2) is 4.79 Å². The van der Waals surface area contributed by atoms with Crippen LogP contribution in [0.2, 0.25) is 18.8 Å². The predicted molar refractivity (Wildman–Crippen MR) is 72.6 cm³/mol. The van der Waals surface area contributed by atoms with Crippen LogP contribution >= 0.6 is 0 Å². The SMILES string of the molecule is C=C[Si](C=C)(C=C)C[Si](C)(C)COC(=O)O. The van der Waals surface area contributed by atoms with Crippen molar-refractivity contribution in [2.24, 2.45) is 0 Å². The van der Waals surface area contributed by atoms with Crippen LogP contribution in [0.15, 0.2) is 36.8 Å². The third kappa shape index (κ3) is 4.63. The second-order valence-electron chi connectivity index (χ2n) is 4.62. The Hall–Kier alpha value is -1.08. The quantitative estimate of drug-likeness (QED) is 0.562. The minimum atomic E-state index is -1.84. The molecule has 0 unspecified atom stereocenters. The molecule has 0 fully saturated rings. The maximum absolute atomic E-state index is 10.4. The molecule has 0 saturated carbocycles.